The van der Waals surface area contributed by atoms with E-state index in [-0.39, 0.29) is 5.91 Å². The van der Waals surface area contributed by atoms with Crippen molar-refractivity contribution in [2.45, 2.75) is 32.6 Å². The number of hydrogen-bond donors (Lipinski definition) is 0. The third-order valence-electron chi connectivity index (χ3n) is 5.34. The molecule has 146 valence electrons. The van der Waals surface area contributed by atoms with Gasteiger partial charge in [-0.25, -0.2) is 9.67 Å². The predicted octanol–water partition coefficient (Wildman–Crippen LogP) is 4.60. The summed E-state index contributed by atoms with van der Waals surface area (Å²) in [6.45, 7) is 2.66. The lowest BCUT2D eigenvalue weighted by Gasteiger charge is -2.13. The Balaban J connectivity index is 1.59. The first-order valence-corrected chi connectivity index (χ1v) is 10.0. The molecule has 1 aromatic carbocycles. The van der Waals surface area contributed by atoms with Gasteiger partial charge in [0.15, 0.2) is 5.76 Å². The number of amidine groups is 1. The van der Waals surface area contributed by atoms with Gasteiger partial charge in [0.25, 0.3) is 5.91 Å². The molecule has 1 amide bonds. The maximum atomic E-state index is 12.9. The van der Waals surface area contributed by atoms with E-state index in [1.165, 1.54) is 0 Å². The van der Waals surface area contributed by atoms with Crippen molar-refractivity contribution in [3.05, 3.63) is 65.7 Å². The molecule has 6 heteroatoms. The first-order chi connectivity index (χ1) is 14.2. The number of nitrogens with zero attached hydrogens (tertiary/aromatic N) is 4. The lowest BCUT2D eigenvalue weighted by Crippen LogP contribution is -2.31. The van der Waals surface area contributed by atoms with Crippen molar-refractivity contribution in [1.29, 1.82) is 0 Å². The van der Waals surface area contributed by atoms with Crippen LogP contribution >= 0.6 is 0 Å². The standard InChI is InChI=1S/C23H22N4O2/c1-16-11-12-20(29-16)22-17(15-27(25-22)18-8-4-2-5-9-18)14-19-23(28)26-13-7-3-6-10-21(26)24-19/h2,4-5,8-9,11-12,14-15H,3,6-7,10,13H2,1H3. The minimum Gasteiger partial charge on any atom is -0.460 e. The van der Waals surface area contributed by atoms with E-state index in [4.69, 9.17) is 9.52 Å². The maximum absolute atomic E-state index is 12.9. The summed E-state index contributed by atoms with van der Waals surface area (Å²) in [5, 5.41) is 4.74. The van der Waals surface area contributed by atoms with E-state index < -0.39 is 0 Å². The van der Waals surface area contributed by atoms with Gasteiger partial charge in [0.2, 0.25) is 0 Å². The van der Waals surface area contributed by atoms with Crippen molar-refractivity contribution in [2.75, 3.05) is 6.54 Å². The lowest BCUT2D eigenvalue weighted by molar-refractivity contribution is -0.122. The van der Waals surface area contributed by atoms with E-state index in [1.807, 2.05) is 71.2 Å². The van der Waals surface area contributed by atoms with E-state index in [0.29, 0.717) is 17.2 Å². The summed E-state index contributed by atoms with van der Waals surface area (Å²) in [6.07, 6.45) is 7.88. The zero-order chi connectivity index (χ0) is 19.8. The number of para-hydroxylation sites is 1. The van der Waals surface area contributed by atoms with Gasteiger partial charge in [0, 0.05) is 24.7 Å². The Morgan fingerprint density at radius 2 is 1.93 bits per heavy atom. The van der Waals surface area contributed by atoms with Crippen LogP contribution in [0, 0.1) is 6.92 Å². The van der Waals surface area contributed by atoms with E-state index >= 15 is 0 Å². The van der Waals surface area contributed by atoms with Crippen LogP contribution in [0.2, 0.25) is 0 Å². The van der Waals surface area contributed by atoms with E-state index in [0.717, 1.165) is 55.1 Å². The number of amides is 1. The van der Waals surface area contributed by atoms with Crippen LogP contribution in [0.5, 0.6) is 0 Å². The van der Waals surface area contributed by atoms with Crippen LogP contribution in [-0.4, -0.2) is 33.0 Å². The summed E-state index contributed by atoms with van der Waals surface area (Å²) < 4.78 is 7.64. The molecule has 6 nitrogen and oxygen atoms in total. The van der Waals surface area contributed by atoms with Gasteiger partial charge in [0.1, 0.15) is 23.0 Å². The molecule has 2 aromatic heterocycles. The summed E-state index contributed by atoms with van der Waals surface area (Å²) in [4.78, 5) is 19.4. The van der Waals surface area contributed by atoms with E-state index in [1.54, 1.807) is 0 Å². The van der Waals surface area contributed by atoms with Gasteiger partial charge in [-0.05, 0) is 50.1 Å². The number of carbonyl (C=O) groups is 1. The van der Waals surface area contributed by atoms with Crippen molar-refractivity contribution in [3.8, 4) is 17.1 Å². The molecule has 0 radical (unpaired) electrons. The average Bonchev–Trinajstić information content (AvgIpc) is 3.37. The second-order valence-corrected chi connectivity index (χ2v) is 7.45. The molecule has 4 heterocycles. The van der Waals surface area contributed by atoms with Crippen LogP contribution in [0.3, 0.4) is 0 Å². The number of carbonyl (C=O) groups excluding carboxylic acids is 1. The van der Waals surface area contributed by atoms with E-state index in [9.17, 15) is 4.79 Å². The molecule has 0 aliphatic carbocycles. The highest BCUT2D eigenvalue weighted by Crippen LogP contribution is 2.30. The summed E-state index contributed by atoms with van der Waals surface area (Å²) >= 11 is 0. The fourth-order valence-electron chi connectivity index (χ4n) is 3.85. The van der Waals surface area contributed by atoms with Crippen molar-refractivity contribution in [3.63, 3.8) is 0 Å². The normalized spacial score (nSPS) is 18.1. The number of rotatable bonds is 3. The highest BCUT2D eigenvalue weighted by atomic mass is 16.3. The molecule has 0 atom stereocenters. The number of furan rings is 1. The second-order valence-electron chi connectivity index (χ2n) is 7.45. The second kappa shape index (κ2) is 7.20. The van der Waals surface area contributed by atoms with Crippen LogP contribution < -0.4 is 0 Å². The molecule has 1 saturated heterocycles. The Hall–Kier alpha value is -3.41. The van der Waals surface area contributed by atoms with Gasteiger partial charge in [-0.2, -0.15) is 5.10 Å². The minimum absolute atomic E-state index is 0.0177. The van der Waals surface area contributed by atoms with Crippen molar-refractivity contribution in [2.24, 2.45) is 4.99 Å². The molecule has 0 bridgehead atoms. The Morgan fingerprint density at radius 3 is 2.72 bits per heavy atom. The smallest absolute Gasteiger partial charge is 0.277 e. The Labute approximate surface area is 169 Å². The highest BCUT2D eigenvalue weighted by molar-refractivity contribution is 6.14. The molecule has 2 aliphatic heterocycles. The SMILES string of the molecule is Cc1ccc(-c2nn(-c3ccccc3)cc2C=C2N=C3CCCCCN3C2=O)o1. The number of aromatic nitrogens is 2. The Bertz CT molecular complexity index is 1120. The molecular weight excluding hydrogens is 364 g/mol. The fraction of sp³-hybridized carbons (Fsp3) is 0.261. The Kier molecular flexibility index (Phi) is 4.39. The molecule has 0 spiro atoms. The molecule has 0 N–H and O–H groups in total. The zero-order valence-electron chi connectivity index (χ0n) is 16.3. The van der Waals surface area contributed by atoms with Crippen LogP contribution in [0.1, 0.15) is 37.0 Å². The predicted molar refractivity (Wildman–Crippen MR) is 112 cm³/mol. The summed E-state index contributed by atoms with van der Waals surface area (Å²) in [5.41, 5.74) is 2.93. The Morgan fingerprint density at radius 1 is 1.07 bits per heavy atom. The average molecular weight is 386 g/mol. The molecule has 0 unspecified atom stereocenters. The van der Waals surface area contributed by atoms with Crippen LogP contribution in [0.25, 0.3) is 23.2 Å². The maximum Gasteiger partial charge on any atom is 0.277 e. The minimum atomic E-state index is -0.0177. The molecule has 0 saturated carbocycles. The first kappa shape index (κ1) is 17.7. The number of aliphatic imine (C=N–C) groups is 1. The fourth-order valence-corrected chi connectivity index (χ4v) is 3.85. The number of fused-ring (bicyclic) bond motifs is 1. The molecule has 3 aromatic rings. The summed E-state index contributed by atoms with van der Waals surface area (Å²) in [7, 11) is 0. The molecular formula is C23H22N4O2. The van der Waals surface area contributed by atoms with Gasteiger partial charge in [-0.1, -0.05) is 24.6 Å². The largest absolute Gasteiger partial charge is 0.460 e. The van der Waals surface area contributed by atoms with Gasteiger partial charge >= 0.3 is 0 Å². The summed E-state index contributed by atoms with van der Waals surface area (Å²) in [5.74, 6) is 2.37. The highest BCUT2D eigenvalue weighted by Gasteiger charge is 2.31. The van der Waals surface area contributed by atoms with Gasteiger partial charge in [-0.3, -0.25) is 9.69 Å². The van der Waals surface area contributed by atoms with Gasteiger partial charge in [0.05, 0.1) is 5.69 Å². The first-order valence-electron chi connectivity index (χ1n) is 10.0. The van der Waals surface area contributed by atoms with E-state index in [2.05, 4.69) is 4.99 Å². The lowest BCUT2D eigenvalue weighted by atomic mass is 10.1. The van der Waals surface area contributed by atoms with Crippen molar-refractivity contribution >= 4 is 17.8 Å². The van der Waals surface area contributed by atoms with Gasteiger partial charge in [-0.15, -0.1) is 0 Å². The van der Waals surface area contributed by atoms with Crippen LogP contribution in [-0.2, 0) is 4.79 Å². The molecule has 5 rings (SSSR count). The molecule has 2 aliphatic rings. The van der Waals surface area contributed by atoms with Crippen LogP contribution in [0.4, 0.5) is 0 Å². The molecule has 1 fully saturated rings. The molecule has 29 heavy (non-hydrogen) atoms. The topological polar surface area (TPSA) is 63.6 Å². The number of benzene rings is 1. The zero-order valence-corrected chi connectivity index (χ0v) is 16.3. The van der Waals surface area contributed by atoms with Gasteiger partial charge < -0.3 is 4.42 Å². The third kappa shape index (κ3) is 3.31. The quantitative estimate of drug-likeness (QED) is 0.618. The van der Waals surface area contributed by atoms with Crippen molar-refractivity contribution < 1.29 is 9.21 Å². The number of hydrogen-bond acceptors (Lipinski definition) is 4. The van der Waals surface area contributed by atoms with Crippen LogP contribution in [0.15, 0.2) is 63.8 Å². The van der Waals surface area contributed by atoms with Crippen molar-refractivity contribution in [1.82, 2.24) is 14.7 Å². The number of aryl methyl sites for hydroxylation is 1. The monoisotopic (exact) mass is 386 g/mol. The third-order valence-corrected chi connectivity index (χ3v) is 5.34. The summed E-state index contributed by atoms with van der Waals surface area (Å²) in [6, 6.07) is 13.7.